The van der Waals surface area contributed by atoms with Crippen molar-refractivity contribution in [2.45, 2.75) is 24.9 Å². The Morgan fingerprint density at radius 2 is 1.88 bits per heavy atom. The number of amides is 3. The van der Waals surface area contributed by atoms with Gasteiger partial charge in [-0.2, -0.15) is 11.8 Å². The van der Waals surface area contributed by atoms with Gasteiger partial charge in [0.25, 0.3) is 0 Å². The topological polar surface area (TPSA) is 127 Å². The Bertz CT molecular complexity index is 554. The molecule has 6 N–H and O–H groups in total. The SMILES string of the molecule is CSCC[C@@H](N)C(=O)NCC(=O)N[C@@H](Cc1ccccc1)C(N)=O. The van der Waals surface area contributed by atoms with Crippen LogP contribution in [0, 0.1) is 0 Å². The highest BCUT2D eigenvalue weighted by Crippen LogP contribution is 2.03. The third kappa shape index (κ3) is 7.47. The van der Waals surface area contributed by atoms with E-state index < -0.39 is 29.8 Å². The van der Waals surface area contributed by atoms with Crippen LogP contribution in [0.4, 0.5) is 0 Å². The fourth-order valence-electron chi connectivity index (χ4n) is 1.99. The molecule has 0 saturated carbocycles. The molecule has 0 aliphatic heterocycles. The number of nitrogens with one attached hydrogen (secondary N) is 2. The summed E-state index contributed by atoms with van der Waals surface area (Å²) in [6, 6.07) is 7.74. The van der Waals surface area contributed by atoms with E-state index in [9.17, 15) is 14.4 Å². The molecule has 0 unspecified atom stereocenters. The van der Waals surface area contributed by atoms with E-state index in [1.165, 1.54) is 0 Å². The van der Waals surface area contributed by atoms with Crippen molar-refractivity contribution in [3.63, 3.8) is 0 Å². The van der Waals surface area contributed by atoms with Gasteiger partial charge in [0.1, 0.15) is 6.04 Å². The molecule has 7 nitrogen and oxygen atoms in total. The average Bonchev–Trinajstić information content (AvgIpc) is 2.57. The minimum absolute atomic E-state index is 0.246. The van der Waals surface area contributed by atoms with Crippen LogP contribution in [0.15, 0.2) is 30.3 Å². The Balaban J connectivity index is 2.45. The van der Waals surface area contributed by atoms with Gasteiger partial charge in [-0.15, -0.1) is 0 Å². The Hall–Kier alpha value is -2.06. The first-order valence-electron chi connectivity index (χ1n) is 7.59. The zero-order valence-corrected chi connectivity index (χ0v) is 14.5. The maximum absolute atomic E-state index is 11.9. The smallest absolute Gasteiger partial charge is 0.240 e. The summed E-state index contributed by atoms with van der Waals surface area (Å²) in [6.07, 6.45) is 2.75. The van der Waals surface area contributed by atoms with Crippen LogP contribution in [-0.2, 0) is 20.8 Å². The second-order valence-corrected chi connectivity index (χ2v) is 6.30. The van der Waals surface area contributed by atoms with Gasteiger partial charge in [0.05, 0.1) is 12.6 Å². The van der Waals surface area contributed by atoms with Crippen molar-refractivity contribution in [1.82, 2.24) is 10.6 Å². The lowest BCUT2D eigenvalue weighted by molar-refractivity contribution is -0.129. The van der Waals surface area contributed by atoms with Gasteiger partial charge >= 0.3 is 0 Å². The second-order valence-electron chi connectivity index (χ2n) is 5.32. The molecule has 0 saturated heterocycles. The zero-order valence-electron chi connectivity index (χ0n) is 13.7. The fourth-order valence-corrected chi connectivity index (χ4v) is 2.48. The van der Waals surface area contributed by atoms with Gasteiger partial charge < -0.3 is 22.1 Å². The predicted octanol–water partition coefficient (Wildman–Crippen LogP) is -0.604. The molecule has 8 heteroatoms. The number of thioether (sulfide) groups is 1. The van der Waals surface area contributed by atoms with Crippen molar-refractivity contribution in [2.75, 3.05) is 18.6 Å². The van der Waals surface area contributed by atoms with Crippen molar-refractivity contribution in [2.24, 2.45) is 11.5 Å². The number of carbonyl (C=O) groups excluding carboxylic acids is 3. The molecule has 0 aliphatic rings. The summed E-state index contributed by atoms with van der Waals surface area (Å²) in [5.41, 5.74) is 11.9. The monoisotopic (exact) mass is 352 g/mol. The lowest BCUT2D eigenvalue weighted by atomic mass is 10.1. The van der Waals surface area contributed by atoms with Crippen molar-refractivity contribution in [1.29, 1.82) is 0 Å². The normalized spacial score (nSPS) is 12.9. The van der Waals surface area contributed by atoms with E-state index in [4.69, 9.17) is 11.5 Å². The van der Waals surface area contributed by atoms with Crippen LogP contribution in [0.25, 0.3) is 0 Å². The minimum atomic E-state index is -0.832. The Labute approximate surface area is 145 Å². The summed E-state index contributed by atoms with van der Waals surface area (Å²) in [6.45, 7) is -0.246. The van der Waals surface area contributed by atoms with Gasteiger partial charge in [-0.3, -0.25) is 14.4 Å². The first-order valence-corrected chi connectivity index (χ1v) is 8.98. The third-order valence-electron chi connectivity index (χ3n) is 3.35. The molecule has 1 aromatic rings. The molecule has 0 bridgehead atoms. The molecule has 1 aromatic carbocycles. The first-order chi connectivity index (χ1) is 11.4. The second kappa shape index (κ2) is 10.7. The Morgan fingerprint density at radius 3 is 2.46 bits per heavy atom. The molecular formula is C16H24N4O3S. The third-order valence-corrected chi connectivity index (χ3v) is 4.00. The van der Waals surface area contributed by atoms with E-state index in [0.29, 0.717) is 12.8 Å². The van der Waals surface area contributed by atoms with Crippen LogP contribution in [-0.4, -0.2) is 48.4 Å². The van der Waals surface area contributed by atoms with Crippen molar-refractivity contribution in [3.05, 3.63) is 35.9 Å². The van der Waals surface area contributed by atoms with Gasteiger partial charge in [-0.25, -0.2) is 0 Å². The highest BCUT2D eigenvalue weighted by Gasteiger charge is 2.19. The molecular weight excluding hydrogens is 328 g/mol. The van der Waals surface area contributed by atoms with Crippen molar-refractivity contribution < 1.29 is 14.4 Å². The van der Waals surface area contributed by atoms with E-state index in [-0.39, 0.29) is 6.54 Å². The van der Waals surface area contributed by atoms with Gasteiger partial charge in [0, 0.05) is 6.42 Å². The number of rotatable bonds is 10. The molecule has 1 rings (SSSR count). The summed E-state index contributed by atoms with van der Waals surface area (Å²) in [5, 5.41) is 4.99. The summed E-state index contributed by atoms with van der Waals surface area (Å²) >= 11 is 1.59. The Kier molecular flexibility index (Phi) is 8.88. The quantitative estimate of drug-likeness (QED) is 0.447. The number of hydrogen-bond acceptors (Lipinski definition) is 5. The van der Waals surface area contributed by atoms with Gasteiger partial charge in [0.2, 0.25) is 17.7 Å². The van der Waals surface area contributed by atoms with Crippen molar-refractivity contribution >= 4 is 29.5 Å². The lowest BCUT2D eigenvalue weighted by Gasteiger charge is -2.16. The predicted molar refractivity (Wildman–Crippen MR) is 95.3 cm³/mol. The number of hydrogen-bond donors (Lipinski definition) is 4. The minimum Gasteiger partial charge on any atom is -0.368 e. The summed E-state index contributed by atoms with van der Waals surface area (Å²) in [4.78, 5) is 35.2. The van der Waals surface area contributed by atoms with E-state index in [2.05, 4.69) is 10.6 Å². The maximum atomic E-state index is 11.9. The molecule has 0 aliphatic carbocycles. The molecule has 3 amide bonds. The fraction of sp³-hybridized carbons (Fsp3) is 0.438. The van der Waals surface area contributed by atoms with E-state index >= 15 is 0 Å². The zero-order chi connectivity index (χ0) is 17.9. The van der Waals surface area contributed by atoms with Crippen LogP contribution in [0.5, 0.6) is 0 Å². The summed E-state index contributed by atoms with van der Waals surface area (Å²) in [5.74, 6) is -0.741. The molecule has 0 heterocycles. The van der Waals surface area contributed by atoms with Gasteiger partial charge in [-0.1, -0.05) is 30.3 Å². The standard InChI is InChI=1S/C16H24N4O3S/c1-24-8-7-12(17)16(23)19-10-14(21)20-13(15(18)22)9-11-5-3-2-4-6-11/h2-6,12-13H,7-10,17H2,1H3,(H2,18,22)(H,19,23)(H,20,21)/t12-,13+/m1/s1. The van der Waals surface area contributed by atoms with E-state index in [1.807, 2.05) is 36.6 Å². The molecule has 0 radical (unpaired) electrons. The van der Waals surface area contributed by atoms with Gasteiger partial charge in [-0.05, 0) is 24.0 Å². The molecule has 0 fully saturated rings. The molecule has 0 aromatic heterocycles. The van der Waals surface area contributed by atoms with Crippen LogP contribution in [0.3, 0.4) is 0 Å². The number of nitrogens with two attached hydrogens (primary N) is 2. The van der Waals surface area contributed by atoms with Gasteiger partial charge in [0.15, 0.2) is 0 Å². The molecule has 132 valence electrons. The van der Waals surface area contributed by atoms with E-state index in [0.717, 1.165) is 11.3 Å². The van der Waals surface area contributed by atoms with Crippen LogP contribution < -0.4 is 22.1 Å². The number of benzene rings is 1. The van der Waals surface area contributed by atoms with Crippen LogP contribution in [0.2, 0.25) is 0 Å². The molecule has 0 spiro atoms. The summed E-state index contributed by atoms with van der Waals surface area (Å²) < 4.78 is 0. The Morgan fingerprint density at radius 1 is 1.21 bits per heavy atom. The van der Waals surface area contributed by atoms with Crippen LogP contribution in [0.1, 0.15) is 12.0 Å². The van der Waals surface area contributed by atoms with Crippen LogP contribution >= 0.6 is 11.8 Å². The van der Waals surface area contributed by atoms with Crippen molar-refractivity contribution in [3.8, 4) is 0 Å². The van der Waals surface area contributed by atoms with E-state index in [1.54, 1.807) is 11.8 Å². The molecule has 2 atom stereocenters. The number of carbonyl (C=O) groups is 3. The highest BCUT2D eigenvalue weighted by atomic mass is 32.2. The lowest BCUT2D eigenvalue weighted by Crippen LogP contribution is -2.50. The molecule has 24 heavy (non-hydrogen) atoms. The first kappa shape index (κ1) is 20.0. The highest BCUT2D eigenvalue weighted by molar-refractivity contribution is 7.98. The largest absolute Gasteiger partial charge is 0.368 e. The summed E-state index contributed by atoms with van der Waals surface area (Å²) in [7, 11) is 0. The maximum Gasteiger partial charge on any atom is 0.240 e. The average molecular weight is 352 g/mol. The number of primary amides is 1.